The van der Waals surface area contributed by atoms with Crippen LogP contribution in [0, 0.1) is 0 Å². The average molecular weight is 444 g/mol. The molecule has 0 saturated carbocycles. The molecule has 1 amide bonds. The Bertz CT molecular complexity index is 1000. The summed E-state index contributed by atoms with van der Waals surface area (Å²) in [6.07, 6.45) is 4.14. The van der Waals surface area contributed by atoms with E-state index in [1.54, 1.807) is 18.0 Å². The lowest BCUT2D eigenvalue weighted by Gasteiger charge is -2.24. The lowest BCUT2D eigenvalue weighted by molar-refractivity contribution is -0.143. The van der Waals surface area contributed by atoms with Gasteiger partial charge in [0.15, 0.2) is 5.82 Å². The molecule has 10 nitrogen and oxygen atoms in total. The highest BCUT2D eigenvalue weighted by molar-refractivity contribution is 5.69. The van der Waals surface area contributed by atoms with Crippen molar-refractivity contribution in [3.63, 3.8) is 0 Å². The van der Waals surface area contributed by atoms with Crippen LogP contribution < -0.4 is 10.9 Å². The zero-order chi connectivity index (χ0) is 23.3. The number of likely N-dealkylation sites (tertiary alicyclic amines) is 1. The van der Waals surface area contributed by atoms with Crippen molar-refractivity contribution < 1.29 is 19.1 Å². The van der Waals surface area contributed by atoms with Crippen molar-refractivity contribution in [2.75, 3.05) is 25.0 Å². The van der Waals surface area contributed by atoms with Crippen molar-refractivity contribution in [2.45, 2.75) is 51.8 Å². The molecule has 1 N–H and O–H groups in total. The molecule has 0 aromatic carbocycles. The SMILES string of the molecule is CCOC(=O)Cn1ccnc(N[C@H]2CN(C(=O)OC(C)(C)C)C[C@@H]2c2ccccn2)c1=O. The van der Waals surface area contributed by atoms with E-state index in [0.29, 0.717) is 13.1 Å². The van der Waals surface area contributed by atoms with E-state index in [1.807, 2.05) is 39.0 Å². The zero-order valence-corrected chi connectivity index (χ0v) is 18.8. The van der Waals surface area contributed by atoms with Gasteiger partial charge in [-0.1, -0.05) is 6.07 Å². The Hall–Kier alpha value is -3.43. The Morgan fingerprint density at radius 1 is 1.19 bits per heavy atom. The highest BCUT2D eigenvalue weighted by atomic mass is 16.6. The number of anilines is 1. The van der Waals surface area contributed by atoms with Gasteiger partial charge in [0.05, 0.1) is 12.6 Å². The van der Waals surface area contributed by atoms with Crippen molar-refractivity contribution in [1.82, 2.24) is 19.4 Å². The fourth-order valence-corrected chi connectivity index (χ4v) is 3.51. The second-order valence-corrected chi connectivity index (χ2v) is 8.51. The third-order valence-corrected chi connectivity index (χ3v) is 4.88. The van der Waals surface area contributed by atoms with E-state index in [0.717, 1.165) is 5.69 Å². The van der Waals surface area contributed by atoms with Crippen molar-refractivity contribution >= 4 is 17.9 Å². The van der Waals surface area contributed by atoms with Gasteiger partial charge in [0, 0.05) is 43.3 Å². The van der Waals surface area contributed by atoms with Gasteiger partial charge < -0.3 is 19.7 Å². The smallest absolute Gasteiger partial charge is 0.410 e. The number of nitrogens with zero attached hydrogens (tertiary/aromatic N) is 4. The molecule has 0 spiro atoms. The normalized spacial score (nSPS) is 18.3. The number of amides is 1. The maximum Gasteiger partial charge on any atom is 0.410 e. The Labute approximate surface area is 186 Å². The van der Waals surface area contributed by atoms with Crippen LogP contribution in [0.2, 0.25) is 0 Å². The van der Waals surface area contributed by atoms with E-state index in [1.165, 1.54) is 17.0 Å². The summed E-state index contributed by atoms with van der Waals surface area (Å²) >= 11 is 0. The molecule has 32 heavy (non-hydrogen) atoms. The summed E-state index contributed by atoms with van der Waals surface area (Å²) in [7, 11) is 0. The first-order chi connectivity index (χ1) is 15.2. The minimum Gasteiger partial charge on any atom is -0.465 e. The molecule has 2 aromatic rings. The van der Waals surface area contributed by atoms with Crippen LogP contribution >= 0.6 is 0 Å². The third kappa shape index (κ3) is 5.83. The number of pyridine rings is 1. The molecule has 3 heterocycles. The molecule has 172 valence electrons. The predicted octanol–water partition coefficient (Wildman–Crippen LogP) is 2.02. The van der Waals surface area contributed by atoms with Crippen LogP contribution in [0.15, 0.2) is 41.6 Å². The molecule has 1 fully saturated rings. The van der Waals surface area contributed by atoms with Crippen molar-refractivity contribution in [2.24, 2.45) is 0 Å². The highest BCUT2D eigenvalue weighted by Crippen LogP contribution is 2.29. The second-order valence-electron chi connectivity index (χ2n) is 8.51. The van der Waals surface area contributed by atoms with E-state index in [2.05, 4.69) is 15.3 Å². The van der Waals surface area contributed by atoms with Crippen LogP contribution in [0.1, 0.15) is 39.3 Å². The number of ether oxygens (including phenoxy) is 2. The van der Waals surface area contributed by atoms with Gasteiger partial charge in [-0.05, 0) is 39.8 Å². The lowest BCUT2D eigenvalue weighted by Crippen LogP contribution is -2.37. The second kappa shape index (κ2) is 9.80. The maximum absolute atomic E-state index is 12.9. The van der Waals surface area contributed by atoms with E-state index in [-0.39, 0.29) is 30.9 Å². The molecule has 1 aliphatic rings. The quantitative estimate of drug-likeness (QED) is 0.674. The Balaban J connectivity index is 1.83. The Kier molecular flexibility index (Phi) is 7.12. The standard InChI is InChI=1S/C22H29N5O5/c1-5-31-18(28)14-26-11-10-24-19(20(26)29)25-17-13-27(21(30)32-22(2,3)4)12-15(17)16-8-6-7-9-23-16/h6-11,15,17H,5,12-14H2,1-4H3,(H,24,25)/t15-,17+/m1/s1. The van der Waals surface area contributed by atoms with Gasteiger partial charge in [0.2, 0.25) is 0 Å². The molecule has 1 aliphatic heterocycles. The van der Waals surface area contributed by atoms with Crippen LogP contribution in [0.3, 0.4) is 0 Å². The fourth-order valence-electron chi connectivity index (χ4n) is 3.51. The Morgan fingerprint density at radius 2 is 1.97 bits per heavy atom. The molecule has 0 aliphatic carbocycles. The predicted molar refractivity (Wildman–Crippen MR) is 117 cm³/mol. The number of carbonyl (C=O) groups is 2. The molecule has 0 unspecified atom stereocenters. The first-order valence-electron chi connectivity index (χ1n) is 10.5. The number of hydrogen-bond donors (Lipinski definition) is 1. The van der Waals surface area contributed by atoms with Crippen molar-refractivity contribution in [3.05, 3.63) is 52.8 Å². The first kappa shape index (κ1) is 23.2. The van der Waals surface area contributed by atoms with Gasteiger partial charge in [-0.25, -0.2) is 9.78 Å². The van der Waals surface area contributed by atoms with Crippen molar-refractivity contribution in [1.29, 1.82) is 0 Å². The zero-order valence-electron chi connectivity index (χ0n) is 18.8. The third-order valence-electron chi connectivity index (χ3n) is 4.88. The summed E-state index contributed by atoms with van der Waals surface area (Å²) in [5.41, 5.74) is -0.278. The molecule has 3 rings (SSSR count). The summed E-state index contributed by atoms with van der Waals surface area (Å²) < 4.78 is 11.7. The van der Waals surface area contributed by atoms with Gasteiger partial charge in [-0.15, -0.1) is 0 Å². The minimum absolute atomic E-state index is 0.0915. The van der Waals surface area contributed by atoms with Gasteiger partial charge in [0.1, 0.15) is 12.1 Å². The minimum atomic E-state index is -0.620. The van der Waals surface area contributed by atoms with E-state index in [9.17, 15) is 14.4 Å². The van der Waals surface area contributed by atoms with Crippen LogP contribution in [0.25, 0.3) is 0 Å². The van der Waals surface area contributed by atoms with Crippen LogP contribution in [-0.2, 0) is 20.8 Å². The van der Waals surface area contributed by atoms with Gasteiger partial charge in [0.25, 0.3) is 5.56 Å². The summed E-state index contributed by atoms with van der Waals surface area (Å²) in [6.45, 7) is 7.86. The largest absolute Gasteiger partial charge is 0.465 e. The number of esters is 1. The Morgan fingerprint density at radius 3 is 2.62 bits per heavy atom. The number of carbonyl (C=O) groups excluding carboxylic acids is 2. The van der Waals surface area contributed by atoms with E-state index in [4.69, 9.17) is 9.47 Å². The summed E-state index contributed by atoms with van der Waals surface area (Å²) in [5.74, 6) is -0.590. The first-order valence-corrected chi connectivity index (χ1v) is 10.5. The molecule has 2 atom stereocenters. The molecule has 10 heteroatoms. The van der Waals surface area contributed by atoms with Crippen molar-refractivity contribution in [3.8, 4) is 0 Å². The summed E-state index contributed by atoms with van der Waals surface area (Å²) in [5, 5.41) is 3.17. The molecule has 2 aromatic heterocycles. The number of aromatic nitrogens is 3. The van der Waals surface area contributed by atoms with Crippen LogP contribution in [0.5, 0.6) is 0 Å². The number of hydrogen-bond acceptors (Lipinski definition) is 8. The topological polar surface area (TPSA) is 116 Å². The molecule has 1 saturated heterocycles. The van der Waals surface area contributed by atoms with Crippen LogP contribution in [0.4, 0.5) is 10.6 Å². The lowest BCUT2D eigenvalue weighted by atomic mass is 9.99. The van der Waals surface area contributed by atoms with Gasteiger partial charge in [-0.2, -0.15) is 0 Å². The number of rotatable bonds is 6. The van der Waals surface area contributed by atoms with Gasteiger partial charge in [-0.3, -0.25) is 19.1 Å². The van der Waals surface area contributed by atoms with E-state index >= 15 is 0 Å². The fraction of sp³-hybridized carbons (Fsp3) is 0.500. The molecular formula is C22H29N5O5. The average Bonchev–Trinajstić information content (AvgIpc) is 3.15. The molecular weight excluding hydrogens is 414 g/mol. The van der Waals surface area contributed by atoms with E-state index < -0.39 is 23.2 Å². The molecule has 0 bridgehead atoms. The van der Waals surface area contributed by atoms with Gasteiger partial charge >= 0.3 is 12.1 Å². The summed E-state index contributed by atoms with van der Waals surface area (Å²) in [6, 6.07) is 5.26. The summed E-state index contributed by atoms with van der Waals surface area (Å²) in [4.78, 5) is 47.5. The number of nitrogens with one attached hydrogen (secondary N) is 1. The maximum atomic E-state index is 12.9. The highest BCUT2D eigenvalue weighted by Gasteiger charge is 2.39. The van der Waals surface area contributed by atoms with Crippen LogP contribution in [-0.4, -0.2) is 62.8 Å². The monoisotopic (exact) mass is 443 g/mol. The molecule has 0 radical (unpaired) electrons.